The number of hydrogen-bond acceptors (Lipinski definition) is 7. The van der Waals surface area contributed by atoms with Gasteiger partial charge in [0.15, 0.2) is 0 Å². The van der Waals surface area contributed by atoms with Crippen LogP contribution in [-0.4, -0.2) is 64.6 Å². The topological polar surface area (TPSA) is 97.1 Å². The molecule has 40 heavy (non-hydrogen) atoms. The Kier molecular flexibility index (Phi) is 7.58. The molecule has 2 aliphatic heterocycles. The molecule has 2 atom stereocenters. The van der Waals surface area contributed by atoms with Crippen LogP contribution in [0.2, 0.25) is 0 Å². The minimum absolute atomic E-state index is 0.0693. The predicted octanol–water partition coefficient (Wildman–Crippen LogP) is 4.17. The quantitative estimate of drug-likeness (QED) is 0.527. The van der Waals surface area contributed by atoms with Crippen LogP contribution in [0, 0.1) is 5.92 Å². The van der Waals surface area contributed by atoms with E-state index in [9.17, 15) is 9.59 Å². The number of nitrogens with zero attached hydrogens (tertiary/aromatic N) is 3. The van der Waals surface area contributed by atoms with E-state index in [1.54, 1.807) is 11.0 Å². The molecule has 0 unspecified atom stereocenters. The molecule has 4 bridgehead atoms. The Morgan fingerprint density at radius 1 is 1.02 bits per heavy atom. The first-order chi connectivity index (χ1) is 19.4. The Morgan fingerprint density at radius 3 is 2.52 bits per heavy atom. The summed E-state index contributed by atoms with van der Waals surface area (Å²) in [5, 5.41) is 7.26. The van der Waals surface area contributed by atoms with E-state index < -0.39 is 0 Å². The summed E-state index contributed by atoms with van der Waals surface area (Å²) < 4.78 is 17.9. The van der Waals surface area contributed by atoms with Crippen molar-refractivity contribution in [2.45, 2.75) is 64.4 Å². The van der Waals surface area contributed by atoms with Crippen molar-refractivity contribution in [3.05, 3.63) is 77.2 Å². The number of aromatic nitrogens is 1. The number of amides is 2. The molecule has 2 fully saturated rings. The van der Waals surface area contributed by atoms with Gasteiger partial charge in [-0.2, -0.15) is 0 Å². The molecule has 6 rings (SSSR count). The molecule has 210 valence electrons. The van der Waals surface area contributed by atoms with Crippen LogP contribution in [0.3, 0.4) is 0 Å². The highest BCUT2D eigenvalue weighted by molar-refractivity contribution is 5.92. The summed E-state index contributed by atoms with van der Waals surface area (Å²) in [7, 11) is 0. The van der Waals surface area contributed by atoms with Crippen LogP contribution in [0.1, 0.15) is 54.1 Å². The maximum atomic E-state index is 13.3. The Hall–Kier alpha value is -3.69. The summed E-state index contributed by atoms with van der Waals surface area (Å²) in [6, 6.07) is 17.6. The van der Waals surface area contributed by atoms with Crippen LogP contribution in [0.25, 0.3) is 0 Å². The van der Waals surface area contributed by atoms with Crippen molar-refractivity contribution in [3.63, 3.8) is 0 Å². The highest BCUT2D eigenvalue weighted by atomic mass is 16.5. The Labute approximate surface area is 234 Å². The Morgan fingerprint density at radius 2 is 1.77 bits per heavy atom. The van der Waals surface area contributed by atoms with E-state index in [1.807, 2.05) is 42.5 Å². The monoisotopic (exact) mass is 544 g/mol. The van der Waals surface area contributed by atoms with Crippen molar-refractivity contribution in [2.24, 2.45) is 5.92 Å². The Bertz CT molecular complexity index is 1370. The third-order valence-corrected chi connectivity index (χ3v) is 7.58. The summed E-state index contributed by atoms with van der Waals surface area (Å²) in [6.45, 7) is 6.15. The molecule has 0 spiro atoms. The highest BCUT2D eigenvalue weighted by Crippen LogP contribution is 2.30. The summed E-state index contributed by atoms with van der Waals surface area (Å²) in [6.07, 6.45) is 2.55. The second-order valence-corrected chi connectivity index (χ2v) is 11.5. The van der Waals surface area contributed by atoms with Gasteiger partial charge < -0.3 is 24.2 Å². The van der Waals surface area contributed by atoms with Gasteiger partial charge in [0.1, 0.15) is 11.5 Å². The zero-order valence-corrected chi connectivity index (χ0v) is 23.0. The molecule has 2 amide bonds. The number of hydrogen-bond donors (Lipinski definition) is 1. The molecule has 9 nitrogen and oxygen atoms in total. The van der Waals surface area contributed by atoms with Crippen molar-refractivity contribution >= 4 is 11.8 Å². The van der Waals surface area contributed by atoms with Crippen molar-refractivity contribution < 1.29 is 23.6 Å². The van der Waals surface area contributed by atoms with Gasteiger partial charge in [0.2, 0.25) is 11.7 Å². The third kappa shape index (κ3) is 6.37. The van der Waals surface area contributed by atoms with Gasteiger partial charge in [-0.25, -0.2) is 0 Å². The van der Waals surface area contributed by atoms with E-state index in [-0.39, 0.29) is 36.3 Å². The molecule has 1 saturated carbocycles. The van der Waals surface area contributed by atoms with Crippen molar-refractivity contribution in [2.75, 3.05) is 19.6 Å². The molecule has 1 N–H and O–H groups in total. The molecule has 9 heteroatoms. The first-order valence-electron chi connectivity index (χ1n) is 14.2. The van der Waals surface area contributed by atoms with Gasteiger partial charge in [0, 0.05) is 31.7 Å². The minimum atomic E-state index is -0.370. The lowest BCUT2D eigenvalue weighted by atomic mass is 10.1. The largest absolute Gasteiger partial charge is 0.457 e. The van der Waals surface area contributed by atoms with E-state index in [4.69, 9.17) is 14.0 Å². The maximum absolute atomic E-state index is 13.3. The molecule has 3 aliphatic rings. The fourth-order valence-electron chi connectivity index (χ4n) is 5.50. The van der Waals surface area contributed by atoms with E-state index in [2.05, 4.69) is 35.3 Å². The molecule has 1 aromatic heterocycles. The molecule has 3 heterocycles. The standard InChI is InChI=1S/C31H36N4O5/c1-20(2)11-23-14-28(40-33-23)31(37)35-16-27-29(17-35)38-19-22-6-4-8-26(13-22)39-25-7-3-5-21(12-25)15-34(24-9-10-24)18-30(36)32-27/h3-8,12-14,20,24,27,29H,9-11,15-19H2,1-2H3,(H,32,36)/t27-,29-/m0/s1. The number of carbonyl (C=O) groups excluding carboxylic acids is 2. The van der Waals surface area contributed by atoms with Crippen LogP contribution in [-0.2, 0) is 29.1 Å². The fraction of sp³-hybridized carbons (Fsp3) is 0.452. The normalized spacial score (nSPS) is 22.1. The average Bonchev–Trinajstić information content (AvgIpc) is 3.55. The fourth-order valence-corrected chi connectivity index (χ4v) is 5.50. The lowest BCUT2D eigenvalue weighted by Gasteiger charge is -2.25. The summed E-state index contributed by atoms with van der Waals surface area (Å²) in [5.41, 5.74) is 2.81. The van der Waals surface area contributed by atoms with Crippen LogP contribution in [0.15, 0.2) is 59.1 Å². The number of nitrogens with one attached hydrogen (secondary N) is 1. The molecule has 3 aromatic rings. The van der Waals surface area contributed by atoms with Crippen molar-refractivity contribution in [1.29, 1.82) is 0 Å². The zero-order valence-electron chi connectivity index (χ0n) is 23.0. The van der Waals surface area contributed by atoms with Crippen LogP contribution in [0.4, 0.5) is 0 Å². The van der Waals surface area contributed by atoms with Gasteiger partial charge in [-0.15, -0.1) is 0 Å². The molecular formula is C31H36N4O5. The molecular weight excluding hydrogens is 508 g/mol. The number of carbonyl (C=O) groups is 2. The molecule has 2 aromatic carbocycles. The predicted molar refractivity (Wildman–Crippen MR) is 148 cm³/mol. The second-order valence-electron chi connectivity index (χ2n) is 11.5. The summed E-state index contributed by atoms with van der Waals surface area (Å²) in [4.78, 5) is 30.6. The van der Waals surface area contributed by atoms with Gasteiger partial charge >= 0.3 is 0 Å². The maximum Gasteiger partial charge on any atom is 0.292 e. The second kappa shape index (κ2) is 11.4. The van der Waals surface area contributed by atoms with E-state index in [0.717, 1.165) is 47.6 Å². The first kappa shape index (κ1) is 26.5. The molecule has 1 aliphatic carbocycles. The van der Waals surface area contributed by atoms with Crippen molar-refractivity contribution in [1.82, 2.24) is 20.3 Å². The van der Waals surface area contributed by atoms with Gasteiger partial charge in [0.05, 0.1) is 31.0 Å². The third-order valence-electron chi connectivity index (χ3n) is 7.58. The summed E-state index contributed by atoms with van der Waals surface area (Å²) in [5.74, 6) is 1.81. The number of fused-ring (bicyclic) bond motifs is 5. The van der Waals surface area contributed by atoms with E-state index in [1.165, 1.54) is 0 Å². The van der Waals surface area contributed by atoms with Gasteiger partial charge in [-0.05, 0) is 60.6 Å². The number of benzene rings is 2. The molecule has 1 saturated heterocycles. The van der Waals surface area contributed by atoms with E-state index >= 15 is 0 Å². The van der Waals surface area contributed by atoms with Gasteiger partial charge in [-0.1, -0.05) is 43.3 Å². The van der Waals surface area contributed by atoms with Gasteiger partial charge in [-0.3, -0.25) is 14.5 Å². The smallest absolute Gasteiger partial charge is 0.292 e. The SMILES string of the molecule is CC(C)Cc1cc(C(=O)N2C[C@@H]3NC(=O)CN(C4CC4)Cc4cccc(c4)Oc4cccc(c4)CO[C@H]3C2)on1. The van der Waals surface area contributed by atoms with Crippen LogP contribution < -0.4 is 10.1 Å². The number of likely N-dealkylation sites (tertiary alicyclic amines) is 1. The van der Waals surface area contributed by atoms with E-state index in [0.29, 0.717) is 38.2 Å². The zero-order chi connectivity index (χ0) is 27.6. The van der Waals surface area contributed by atoms with Crippen LogP contribution in [0.5, 0.6) is 11.5 Å². The van der Waals surface area contributed by atoms with Crippen LogP contribution >= 0.6 is 0 Å². The molecule has 0 radical (unpaired) electrons. The summed E-state index contributed by atoms with van der Waals surface area (Å²) >= 11 is 0. The van der Waals surface area contributed by atoms with Crippen molar-refractivity contribution in [3.8, 4) is 11.5 Å². The lowest BCUT2D eigenvalue weighted by Crippen LogP contribution is -2.48. The number of rotatable bonds is 4. The lowest BCUT2D eigenvalue weighted by molar-refractivity contribution is -0.124. The minimum Gasteiger partial charge on any atom is -0.457 e. The van der Waals surface area contributed by atoms with Gasteiger partial charge in [0.25, 0.3) is 5.91 Å². The highest BCUT2D eigenvalue weighted by Gasteiger charge is 2.39. The Balaban J connectivity index is 1.23. The first-order valence-corrected chi connectivity index (χ1v) is 14.2. The average molecular weight is 545 g/mol. The number of ether oxygens (including phenoxy) is 2.